The first kappa shape index (κ1) is 13.2. The molecular weight excluding hydrogens is 264 g/mol. The van der Waals surface area contributed by atoms with Gasteiger partial charge in [0.15, 0.2) is 0 Å². The molecule has 0 atom stereocenters. The van der Waals surface area contributed by atoms with E-state index in [1.807, 2.05) is 42.5 Å². The average Bonchev–Trinajstić information content (AvgIpc) is 2.52. The lowest BCUT2D eigenvalue weighted by atomic mass is 10.1. The highest BCUT2D eigenvalue weighted by Gasteiger charge is 2.09. The number of phenols is 1. The number of carbonyl (C=O) groups is 1. The molecule has 0 unspecified atom stereocenters. The Balaban J connectivity index is 1.79. The Morgan fingerprint density at radius 1 is 0.952 bits per heavy atom. The number of aromatic hydroxyl groups is 1. The Labute approximate surface area is 122 Å². The van der Waals surface area contributed by atoms with Gasteiger partial charge in [-0.2, -0.15) is 0 Å². The highest BCUT2D eigenvalue weighted by Crippen LogP contribution is 2.20. The van der Waals surface area contributed by atoms with Crippen LogP contribution in [-0.4, -0.2) is 11.1 Å². The summed E-state index contributed by atoms with van der Waals surface area (Å²) >= 11 is 0. The van der Waals surface area contributed by atoms with Crippen LogP contribution in [0.1, 0.15) is 15.9 Å². The Bertz CT molecular complexity index is 788. The summed E-state index contributed by atoms with van der Waals surface area (Å²) in [7, 11) is 0. The molecule has 0 aromatic heterocycles. The van der Waals surface area contributed by atoms with Crippen LogP contribution in [0.15, 0.2) is 66.7 Å². The minimum atomic E-state index is -0.446. The van der Waals surface area contributed by atoms with Gasteiger partial charge in [0.25, 0.3) is 0 Å². The lowest BCUT2D eigenvalue weighted by Crippen LogP contribution is -2.05. The normalized spacial score (nSPS) is 10.5. The van der Waals surface area contributed by atoms with Crippen LogP contribution in [0.5, 0.6) is 5.75 Å². The summed E-state index contributed by atoms with van der Waals surface area (Å²) in [5, 5.41) is 11.6. The fraction of sp³-hybridized carbons (Fsp3) is 0.0556. The van der Waals surface area contributed by atoms with Gasteiger partial charge in [-0.1, -0.05) is 48.5 Å². The number of hydrogen-bond acceptors (Lipinski definition) is 3. The highest BCUT2D eigenvalue weighted by molar-refractivity contribution is 5.90. The minimum absolute atomic E-state index is 0.0506. The Morgan fingerprint density at radius 3 is 2.57 bits per heavy atom. The molecule has 0 aliphatic heterocycles. The van der Waals surface area contributed by atoms with Crippen LogP contribution < -0.4 is 0 Å². The zero-order chi connectivity index (χ0) is 14.7. The highest BCUT2D eigenvalue weighted by atomic mass is 16.5. The van der Waals surface area contributed by atoms with Gasteiger partial charge in [-0.05, 0) is 34.5 Å². The summed E-state index contributed by atoms with van der Waals surface area (Å²) in [6, 6.07) is 20.0. The number of rotatable bonds is 3. The van der Waals surface area contributed by atoms with Crippen LogP contribution >= 0.6 is 0 Å². The monoisotopic (exact) mass is 278 g/mol. The molecule has 0 amide bonds. The molecule has 0 bridgehead atoms. The van der Waals surface area contributed by atoms with Crippen LogP contribution in [0.3, 0.4) is 0 Å². The fourth-order valence-corrected chi connectivity index (χ4v) is 2.28. The molecule has 1 N–H and O–H groups in total. The second kappa shape index (κ2) is 5.67. The van der Waals surface area contributed by atoms with Crippen LogP contribution in [0, 0.1) is 0 Å². The molecule has 0 fully saturated rings. The average molecular weight is 278 g/mol. The SMILES string of the molecule is O=C(OCc1cccc2ccccc12)c1cccc(O)c1. The van der Waals surface area contributed by atoms with Crippen LogP contribution in [-0.2, 0) is 11.3 Å². The van der Waals surface area contributed by atoms with Gasteiger partial charge in [0, 0.05) is 0 Å². The molecule has 3 aromatic rings. The van der Waals surface area contributed by atoms with Crippen molar-refractivity contribution in [2.24, 2.45) is 0 Å². The van der Waals surface area contributed by atoms with Gasteiger partial charge >= 0.3 is 5.97 Å². The lowest BCUT2D eigenvalue weighted by molar-refractivity contribution is 0.0474. The quantitative estimate of drug-likeness (QED) is 0.739. The van der Waals surface area contributed by atoms with Crippen molar-refractivity contribution in [1.82, 2.24) is 0 Å². The minimum Gasteiger partial charge on any atom is -0.508 e. The van der Waals surface area contributed by atoms with Gasteiger partial charge in [-0.15, -0.1) is 0 Å². The molecule has 104 valence electrons. The number of benzene rings is 3. The maximum Gasteiger partial charge on any atom is 0.338 e. The van der Waals surface area contributed by atoms with E-state index in [9.17, 15) is 9.90 Å². The molecule has 0 aliphatic carbocycles. The maximum atomic E-state index is 12.0. The number of carbonyl (C=O) groups excluding carboxylic acids is 1. The fourth-order valence-electron chi connectivity index (χ4n) is 2.28. The van der Waals surface area contributed by atoms with E-state index in [0.717, 1.165) is 16.3 Å². The van der Waals surface area contributed by atoms with E-state index in [4.69, 9.17) is 4.74 Å². The van der Waals surface area contributed by atoms with Gasteiger partial charge in [0.1, 0.15) is 12.4 Å². The summed E-state index contributed by atoms with van der Waals surface area (Å²) in [5.74, 6) is -0.395. The number of fused-ring (bicyclic) bond motifs is 1. The molecule has 3 heteroatoms. The second-order valence-electron chi connectivity index (χ2n) is 4.76. The van der Waals surface area contributed by atoms with Crippen molar-refractivity contribution in [3.05, 3.63) is 77.9 Å². The van der Waals surface area contributed by atoms with Crippen molar-refractivity contribution >= 4 is 16.7 Å². The van der Waals surface area contributed by atoms with Gasteiger partial charge in [-0.3, -0.25) is 0 Å². The van der Waals surface area contributed by atoms with E-state index >= 15 is 0 Å². The molecule has 3 nitrogen and oxygen atoms in total. The number of esters is 1. The molecule has 0 heterocycles. The van der Waals surface area contributed by atoms with Crippen molar-refractivity contribution in [1.29, 1.82) is 0 Å². The molecule has 0 saturated heterocycles. The molecule has 3 aromatic carbocycles. The molecule has 3 rings (SSSR count). The summed E-state index contributed by atoms with van der Waals surface area (Å²) in [6.45, 7) is 0.204. The van der Waals surface area contributed by atoms with E-state index in [1.165, 1.54) is 12.1 Å². The van der Waals surface area contributed by atoms with Crippen molar-refractivity contribution in [3.8, 4) is 5.75 Å². The number of hydrogen-bond donors (Lipinski definition) is 1. The first-order chi connectivity index (χ1) is 10.2. The Kier molecular flexibility index (Phi) is 3.56. The van der Waals surface area contributed by atoms with Gasteiger partial charge in [0.05, 0.1) is 5.56 Å². The molecule has 0 saturated carbocycles. The van der Waals surface area contributed by atoms with E-state index < -0.39 is 5.97 Å². The summed E-state index contributed by atoms with van der Waals surface area (Å²) < 4.78 is 5.33. The van der Waals surface area contributed by atoms with Crippen molar-refractivity contribution in [3.63, 3.8) is 0 Å². The zero-order valence-corrected chi connectivity index (χ0v) is 11.3. The summed E-state index contributed by atoms with van der Waals surface area (Å²) in [6.07, 6.45) is 0. The van der Waals surface area contributed by atoms with Crippen molar-refractivity contribution < 1.29 is 14.6 Å². The largest absolute Gasteiger partial charge is 0.508 e. The van der Waals surface area contributed by atoms with Crippen LogP contribution in [0.25, 0.3) is 10.8 Å². The molecule has 21 heavy (non-hydrogen) atoms. The molecule has 0 aliphatic rings. The molecule has 0 radical (unpaired) electrons. The molecule has 0 spiro atoms. The van der Waals surface area contributed by atoms with Gasteiger partial charge in [-0.25, -0.2) is 4.79 Å². The third-order valence-corrected chi connectivity index (χ3v) is 3.32. The van der Waals surface area contributed by atoms with E-state index in [-0.39, 0.29) is 12.4 Å². The first-order valence-electron chi connectivity index (χ1n) is 6.67. The van der Waals surface area contributed by atoms with E-state index in [2.05, 4.69) is 0 Å². The standard InChI is InChI=1S/C18H14O3/c19-16-9-4-7-14(11-16)18(20)21-12-15-8-3-6-13-5-1-2-10-17(13)15/h1-11,19H,12H2. The van der Waals surface area contributed by atoms with Crippen molar-refractivity contribution in [2.75, 3.05) is 0 Å². The second-order valence-corrected chi connectivity index (χ2v) is 4.76. The summed E-state index contributed by atoms with van der Waals surface area (Å²) in [4.78, 5) is 12.0. The van der Waals surface area contributed by atoms with Crippen molar-refractivity contribution in [2.45, 2.75) is 6.61 Å². The van der Waals surface area contributed by atoms with Gasteiger partial charge < -0.3 is 9.84 Å². The van der Waals surface area contributed by atoms with Crippen LogP contribution in [0.4, 0.5) is 0 Å². The molecular formula is C18H14O3. The third kappa shape index (κ3) is 2.87. The zero-order valence-electron chi connectivity index (χ0n) is 11.3. The van der Waals surface area contributed by atoms with E-state index in [0.29, 0.717) is 5.56 Å². The predicted molar refractivity (Wildman–Crippen MR) is 81.2 cm³/mol. The Morgan fingerprint density at radius 2 is 1.71 bits per heavy atom. The van der Waals surface area contributed by atoms with E-state index in [1.54, 1.807) is 12.1 Å². The summed E-state index contributed by atoms with van der Waals surface area (Å²) in [5.41, 5.74) is 1.30. The number of phenolic OH excluding ortho intramolecular Hbond substituents is 1. The Hall–Kier alpha value is -2.81. The predicted octanol–water partition coefficient (Wildman–Crippen LogP) is 3.90. The first-order valence-corrected chi connectivity index (χ1v) is 6.67. The van der Waals surface area contributed by atoms with Gasteiger partial charge in [0.2, 0.25) is 0 Å². The topological polar surface area (TPSA) is 46.5 Å². The lowest BCUT2D eigenvalue weighted by Gasteiger charge is -2.08. The number of ether oxygens (including phenoxy) is 1. The third-order valence-electron chi connectivity index (χ3n) is 3.32. The van der Waals surface area contributed by atoms with Crippen LogP contribution in [0.2, 0.25) is 0 Å². The smallest absolute Gasteiger partial charge is 0.338 e. The maximum absolute atomic E-state index is 12.0.